The molecule has 2 rings (SSSR count). The molecule has 1 aliphatic carbocycles. The minimum absolute atomic E-state index is 0.0261. The first kappa shape index (κ1) is 15.6. The Labute approximate surface area is 125 Å². The van der Waals surface area contributed by atoms with E-state index in [0.717, 1.165) is 29.4 Å². The molecule has 1 aliphatic rings. The van der Waals surface area contributed by atoms with Crippen molar-refractivity contribution >= 4 is 21.6 Å². The van der Waals surface area contributed by atoms with Gasteiger partial charge in [0.1, 0.15) is 6.54 Å². The molecule has 0 unspecified atom stereocenters. The number of benzene rings is 1. The van der Waals surface area contributed by atoms with Crippen molar-refractivity contribution in [2.75, 3.05) is 18.0 Å². The zero-order valence-electron chi connectivity index (χ0n) is 11.3. The second-order valence-corrected chi connectivity index (χ2v) is 5.94. The van der Waals surface area contributed by atoms with E-state index in [2.05, 4.69) is 21.2 Å². The van der Waals surface area contributed by atoms with Crippen LogP contribution >= 0.6 is 15.9 Å². The van der Waals surface area contributed by atoms with Gasteiger partial charge in [0.2, 0.25) is 0 Å². The molecule has 0 atom stereocenters. The number of hydrogen-bond acceptors (Lipinski definition) is 2. The number of halogens is 4. The van der Waals surface area contributed by atoms with Gasteiger partial charge in [-0.15, -0.1) is 0 Å². The normalized spacial score (nSPS) is 15.4. The van der Waals surface area contributed by atoms with Gasteiger partial charge in [-0.05, 0) is 43.1 Å². The van der Waals surface area contributed by atoms with E-state index in [1.54, 1.807) is 12.1 Å². The van der Waals surface area contributed by atoms with Crippen molar-refractivity contribution in [2.45, 2.75) is 38.5 Å². The lowest BCUT2D eigenvalue weighted by Crippen LogP contribution is -2.36. The molecule has 20 heavy (non-hydrogen) atoms. The summed E-state index contributed by atoms with van der Waals surface area (Å²) >= 11 is 3.38. The Morgan fingerprint density at radius 3 is 2.60 bits per heavy atom. The number of alkyl halides is 3. The van der Waals surface area contributed by atoms with Crippen LogP contribution in [0.25, 0.3) is 0 Å². The average Bonchev–Trinajstić information content (AvgIpc) is 3.17. The Balaban J connectivity index is 2.27. The molecular weight excluding hydrogens is 333 g/mol. The van der Waals surface area contributed by atoms with E-state index in [4.69, 9.17) is 0 Å². The molecule has 0 bridgehead atoms. The average molecular weight is 351 g/mol. The van der Waals surface area contributed by atoms with Crippen molar-refractivity contribution in [1.29, 1.82) is 0 Å². The molecule has 1 saturated carbocycles. The van der Waals surface area contributed by atoms with Crippen molar-refractivity contribution in [2.24, 2.45) is 0 Å². The van der Waals surface area contributed by atoms with E-state index < -0.39 is 12.7 Å². The second-order valence-electron chi connectivity index (χ2n) is 5.03. The van der Waals surface area contributed by atoms with Crippen LogP contribution in [-0.4, -0.2) is 25.3 Å². The Bertz CT molecular complexity index is 458. The molecule has 1 aromatic carbocycles. The lowest BCUT2D eigenvalue weighted by molar-refractivity contribution is -0.120. The predicted molar refractivity (Wildman–Crippen MR) is 77.9 cm³/mol. The van der Waals surface area contributed by atoms with Gasteiger partial charge in [-0.25, -0.2) is 0 Å². The third-order valence-electron chi connectivity index (χ3n) is 3.25. The molecule has 2 nitrogen and oxygen atoms in total. The van der Waals surface area contributed by atoms with Crippen LogP contribution in [0.3, 0.4) is 0 Å². The number of hydrogen-bond donors (Lipinski definition) is 1. The number of anilines is 1. The van der Waals surface area contributed by atoms with Crippen LogP contribution in [0.5, 0.6) is 0 Å². The summed E-state index contributed by atoms with van der Waals surface area (Å²) in [5, 5.41) is 3.18. The minimum atomic E-state index is -4.18. The highest BCUT2D eigenvalue weighted by atomic mass is 79.9. The van der Waals surface area contributed by atoms with Gasteiger partial charge in [-0.3, -0.25) is 0 Å². The largest absolute Gasteiger partial charge is 0.405 e. The summed E-state index contributed by atoms with van der Waals surface area (Å²) in [6, 6.07) is 5.50. The summed E-state index contributed by atoms with van der Waals surface area (Å²) in [6.45, 7) is 2.46. The van der Waals surface area contributed by atoms with Gasteiger partial charge in [0.25, 0.3) is 0 Å². The summed E-state index contributed by atoms with van der Waals surface area (Å²) in [5.74, 6) is 0. The highest BCUT2D eigenvalue weighted by Crippen LogP contribution is 2.36. The number of nitrogens with zero attached hydrogens (tertiary/aromatic N) is 1. The summed E-state index contributed by atoms with van der Waals surface area (Å²) in [5.41, 5.74) is 1.59. The van der Waals surface area contributed by atoms with Crippen LogP contribution in [0.4, 0.5) is 18.9 Å². The molecule has 0 heterocycles. The van der Waals surface area contributed by atoms with E-state index in [1.807, 2.05) is 13.0 Å². The Hall–Kier alpha value is -0.750. The molecule has 1 aromatic rings. The molecule has 0 amide bonds. The number of rotatable bonds is 6. The van der Waals surface area contributed by atoms with Crippen LogP contribution in [0.15, 0.2) is 22.7 Å². The highest BCUT2D eigenvalue weighted by Gasteiger charge is 2.38. The Kier molecular flexibility index (Phi) is 4.96. The fourth-order valence-corrected chi connectivity index (χ4v) is 2.63. The first-order valence-electron chi connectivity index (χ1n) is 6.73. The topological polar surface area (TPSA) is 15.3 Å². The minimum Gasteiger partial charge on any atom is -0.359 e. The first-order valence-corrected chi connectivity index (χ1v) is 7.52. The van der Waals surface area contributed by atoms with Gasteiger partial charge >= 0.3 is 6.18 Å². The SMILES string of the molecule is CCNCc1cc(Br)ccc1N(CC(F)(F)F)C1CC1. The molecule has 1 fully saturated rings. The Morgan fingerprint density at radius 1 is 1.35 bits per heavy atom. The van der Waals surface area contributed by atoms with Crippen LogP contribution in [0.2, 0.25) is 0 Å². The molecule has 112 valence electrons. The van der Waals surface area contributed by atoms with Gasteiger partial charge in [-0.2, -0.15) is 13.2 Å². The zero-order valence-corrected chi connectivity index (χ0v) is 12.9. The van der Waals surface area contributed by atoms with Gasteiger partial charge in [-0.1, -0.05) is 22.9 Å². The third kappa shape index (κ3) is 4.38. The molecular formula is C14H18BrF3N2. The Morgan fingerprint density at radius 2 is 2.05 bits per heavy atom. The number of nitrogens with one attached hydrogen (secondary N) is 1. The molecule has 0 aliphatic heterocycles. The zero-order chi connectivity index (χ0) is 14.8. The lowest BCUT2D eigenvalue weighted by Gasteiger charge is -2.28. The fourth-order valence-electron chi connectivity index (χ4n) is 2.23. The summed E-state index contributed by atoms with van der Waals surface area (Å²) in [7, 11) is 0. The van der Waals surface area contributed by atoms with Crippen molar-refractivity contribution in [1.82, 2.24) is 5.32 Å². The summed E-state index contributed by atoms with van der Waals surface area (Å²) in [6.07, 6.45) is -2.50. The van der Waals surface area contributed by atoms with Crippen LogP contribution in [-0.2, 0) is 6.54 Å². The molecule has 0 aromatic heterocycles. The summed E-state index contributed by atoms with van der Waals surface area (Å²) < 4.78 is 39.2. The standard InChI is InChI=1S/C14H18BrF3N2/c1-2-19-8-10-7-11(15)3-6-13(10)20(12-4-5-12)9-14(16,17)18/h3,6-7,12,19H,2,4-5,8-9H2,1H3. The van der Waals surface area contributed by atoms with E-state index in [9.17, 15) is 13.2 Å². The molecule has 0 spiro atoms. The van der Waals surface area contributed by atoms with E-state index in [0.29, 0.717) is 12.2 Å². The maximum atomic E-state index is 12.8. The smallest absolute Gasteiger partial charge is 0.359 e. The quantitative estimate of drug-likeness (QED) is 0.831. The second kappa shape index (κ2) is 6.35. The third-order valence-corrected chi connectivity index (χ3v) is 3.75. The maximum absolute atomic E-state index is 12.8. The van der Waals surface area contributed by atoms with Crippen molar-refractivity contribution < 1.29 is 13.2 Å². The highest BCUT2D eigenvalue weighted by molar-refractivity contribution is 9.10. The maximum Gasteiger partial charge on any atom is 0.405 e. The van der Waals surface area contributed by atoms with Gasteiger partial charge in [0, 0.05) is 22.7 Å². The molecule has 0 saturated heterocycles. The molecule has 6 heteroatoms. The van der Waals surface area contributed by atoms with Crippen LogP contribution < -0.4 is 10.2 Å². The van der Waals surface area contributed by atoms with E-state index in [-0.39, 0.29) is 6.04 Å². The fraction of sp³-hybridized carbons (Fsp3) is 0.571. The van der Waals surface area contributed by atoms with Gasteiger partial charge < -0.3 is 10.2 Å². The lowest BCUT2D eigenvalue weighted by atomic mass is 10.1. The van der Waals surface area contributed by atoms with Crippen LogP contribution in [0.1, 0.15) is 25.3 Å². The van der Waals surface area contributed by atoms with Crippen molar-refractivity contribution in [3.05, 3.63) is 28.2 Å². The van der Waals surface area contributed by atoms with E-state index >= 15 is 0 Å². The van der Waals surface area contributed by atoms with Crippen molar-refractivity contribution in [3.63, 3.8) is 0 Å². The van der Waals surface area contributed by atoms with E-state index in [1.165, 1.54) is 4.90 Å². The first-order chi connectivity index (χ1) is 9.40. The van der Waals surface area contributed by atoms with Crippen LogP contribution in [0, 0.1) is 0 Å². The van der Waals surface area contributed by atoms with Gasteiger partial charge in [0.15, 0.2) is 0 Å². The molecule has 1 N–H and O–H groups in total. The monoisotopic (exact) mass is 350 g/mol. The van der Waals surface area contributed by atoms with Gasteiger partial charge in [0.05, 0.1) is 0 Å². The van der Waals surface area contributed by atoms with Crippen molar-refractivity contribution in [3.8, 4) is 0 Å². The summed E-state index contributed by atoms with van der Waals surface area (Å²) in [4.78, 5) is 1.50. The predicted octanol–water partition coefficient (Wildman–Crippen LogP) is 4.09. The molecule has 0 radical (unpaired) electrons.